The lowest BCUT2D eigenvalue weighted by atomic mass is 9.43. The number of carbonyl (C=O) groups excluding carboxylic acids is 1. The molecule has 19 rings (SSSR count). The quantitative estimate of drug-likeness (QED) is 0.225. The molecule has 54 heavy (non-hydrogen) atoms. The van der Waals surface area contributed by atoms with E-state index in [2.05, 4.69) is 59.2 Å². The Labute approximate surface area is 319 Å². The van der Waals surface area contributed by atoms with E-state index in [1.54, 1.807) is 38.4 Å². The van der Waals surface area contributed by atoms with Gasteiger partial charge in [-0.25, -0.2) is 0 Å². The number of hydrogen-bond donors (Lipinski definition) is 0. The number of ether oxygens (including phenoxy) is 1. The smallest absolute Gasteiger partial charge is 0.305 e. The SMILES string of the molecule is COC(=O)CCCC1(c2ccccc2)C2C3=CC4CC5CC6CC7CC8CC9=CC%10CC%11C%12(C%10=C%10C9C9C8C7C7C6C6C5C4C4C3C%12C3C%10C9C7C6C43)C2%111. The van der Waals surface area contributed by atoms with Crippen LogP contribution in [0.15, 0.2) is 64.8 Å². The Kier molecular flexibility index (Phi) is 3.89. The number of fused-ring (bicyclic) bond motifs is 1. The number of esters is 1. The van der Waals surface area contributed by atoms with Crippen LogP contribution in [-0.2, 0) is 14.9 Å². The average molecular weight is 711 g/mol. The molecule has 2 heteroatoms. The van der Waals surface area contributed by atoms with Crippen LogP contribution in [0, 0.1) is 165 Å². The maximum Gasteiger partial charge on any atom is 0.305 e. The number of methoxy groups -OCH3 is 1. The van der Waals surface area contributed by atoms with Gasteiger partial charge in [0.15, 0.2) is 0 Å². The highest BCUT2D eigenvalue weighted by Gasteiger charge is 3.06. The van der Waals surface area contributed by atoms with Gasteiger partial charge in [0.25, 0.3) is 0 Å². The Morgan fingerprint density at radius 1 is 0.722 bits per heavy atom. The summed E-state index contributed by atoms with van der Waals surface area (Å²) in [4.78, 5) is 12.8. The molecule has 2 spiro atoms. The molecule has 15 fully saturated rings. The molecule has 0 aliphatic heterocycles. The molecule has 2 nitrogen and oxygen atoms in total. The zero-order valence-electron chi connectivity index (χ0n) is 31.7. The summed E-state index contributed by atoms with van der Waals surface area (Å²) in [7, 11) is 1.61. The van der Waals surface area contributed by atoms with Crippen molar-refractivity contribution in [3.05, 3.63) is 70.3 Å². The van der Waals surface area contributed by atoms with Crippen LogP contribution >= 0.6 is 0 Å². The van der Waals surface area contributed by atoms with Crippen LogP contribution in [0.3, 0.4) is 0 Å². The molecule has 274 valence electrons. The molecular formula is C52H54O2. The van der Waals surface area contributed by atoms with E-state index in [9.17, 15) is 4.79 Å². The van der Waals surface area contributed by atoms with Gasteiger partial charge in [0, 0.05) is 28.6 Å². The summed E-state index contributed by atoms with van der Waals surface area (Å²) < 4.78 is 5.32. The van der Waals surface area contributed by atoms with E-state index < -0.39 is 0 Å². The molecule has 15 saturated carbocycles. The molecule has 0 saturated heterocycles. The third-order valence-electron chi connectivity index (χ3n) is 25.7. The van der Waals surface area contributed by atoms with E-state index in [0.29, 0.717) is 17.3 Å². The van der Waals surface area contributed by atoms with Crippen molar-refractivity contribution in [3.63, 3.8) is 0 Å². The van der Waals surface area contributed by atoms with E-state index in [-0.39, 0.29) is 11.4 Å². The minimum absolute atomic E-state index is 0.00547. The van der Waals surface area contributed by atoms with Gasteiger partial charge in [0.2, 0.25) is 0 Å². The Bertz CT molecular complexity index is 2260. The highest BCUT2D eigenvalue weighted by molar-refractivity contribution is 5.72. The molecule has 29 unspecified atom stereocenters. The van der Waals surface area contributed by atoms with Crippen LogP contribution in [0.2, 0.25) is 0 Å². The summed E-state index contributed by atoms with van der Waals surface area (Å²) >= 11 is 0. The van der Waals surface area contributed by atoms with E-state index >= 15 is 0 Å². The zero-order valence-corrected chi connectivity index (χ0v) is 31.7. The summed E-state index contributed by atoms with van der Waals surface area (Å²) in [5.41, 5.74) is 11.4. The van der Waals surface area contributed by atoms with Gasteiger partial charge >= 0.3 is 5.97 Å². The number of benzene rings is 1. The van der Waals surface area contributed by atoms with Crippen molar-refractivity contribution in [3.8, 4) is 0 Å². The van der Waals surface area contributed by atoms with Gasteiger partial charge in [-0.1, -0.05) is 64.8 Å². The van der Waals surface area contributed by atoms with Crippen molar-refractivity contribution in [2.75, 3.05) is 7.11 Å². The molecule has 18 aliphatic rings. The highest BCUT2D eigenvalue weighted by Crippen LogP contribution is 3.09. The van der Waals surface area contributed by atoms with Crippen LogP contribution in [0.1, 0.15) is 63.4 Å². The molecule has 0 bridgehead atoms. The van der Waals surface area contributed by atoms with Gasteiger partial charge < -0.3 is 4.74 Å². The second-order valence-electron chi connectivity index (χ2n) is 24.6. The molecule has 1 aromatic rings. The number of allylic oxidation sites excluding steroid dienone is 6. The summed E-state index contributed by atoms with van der Waals surface area (Å²) in [5.74, 6) is 26.6. The second kappa shape index (κ2) is 7.63. The third-order valence-corrected chi connectivity index (χ3v) is 25.7. The van der Waals surface area contributed by atoms with Gasteiger partial charge in [-0.2, -0.15) is 0 Å². The lowest BCUT2D eigenvalue weighted by Crippen LogP contribution is -2.58. The second-order valence-corrected chi connectivity index (χ2v) is 24.6. The first-order chi connectivity index (χ1) is 26.7. The minimum Gasteiger partial charge on any atom is -0.469 e. The van der Waals surface area contributed by atoms with Crippen LogP contribution in [0.25, 0.3) is 0 Å². The highest BCUT2D eigenvalue weighted by atomic mass is 16.5. The normalized spacial score (nSPS) is 70.9. The molecule has 0 amide bonds. The number of hydrogen-bond acceptors (Lipinski definition) is 2. The Balaban J connectivity index is 0.944. The summed E-state index contributed by atoms with van der Waals surface area (Å²) in [6.45, 7) is 0. The fourth-order valence-electron chi connectivity index (χ4n) is 27.3. The molecule has 18 aliphatic carbocycles. The molecule has 0 aromatic heterocycles. The van der Waals surface area contributed by atoms with Crippen molar-refractivity contribution in [1.82, 2.24) is 0 Å². The lowest BCUT2D eigenvalue weighted by Gasteiger charge is -2.61. The van der Waals surface area contributed by atoms with Gasteiger partial charge in [-0.05, 0) is 205 Å². The first kappa shape index (κ1) is 27.5. The van der Waals surface area contributed by atoms with Gasteiger partial charge in [-0.15, -0.1) is 0 Å². The Hall–Kier alpha value is -2.09. The number of carbonyl (C=O) groups is 1. The lowest BCUT2D eigenvalue weighted by molar-refractivity contribution is -0.140. The predicted octanol–water partition coefficient (Wildman–Crippen LogP) is 9.00. The van der Waals surface area contributed by atoms with Crippen LogP contribution in [0.5, 0.6) is 0 Å². The van der Waals surface area contributed by atoms with E-state index in [1.807, 2.05) is 5.57 Å². The van der Waals surface area contributed by atoms with Crippen molar-refractivity contribution < 1.29 is 9.53 Å². The average Bonchev–Trinajstić information content (AvgIpc) is 3.62. The Morgan fingerprint density at radius 3 is 2.28 bits per heavy atom. The molecule has 0 heterocycles. The van der Waals surface area contributed by atoms with Crippen molar-refractivity contribution in [1.29, 1.82) is 0 Å². The van der Waals surface area contributed by atoms with Gasteiger partial charge in [0.1, 0.15) is 0 Å². The number of rotatable bonds is 5. The largest absolute Gasteiger partial charge is 0.469 e. The van der Waals surface area contributed by atoms with Crippen molar-refractivity contribution >= 4 is 5.97 Å². The molecular weight excluding hydrogens is 657 g/mol. The fourth-order valence-corrected chi connectivity index (χ4v) is 27.3. The molecule has 29 atom stereocenters. The minimum atomic E-state index is 0.00547. The van der Waals surface area contributed by atoms with Crippen molar-refractivity contribution in [2.45, 2.75) is 63.2 Å². The first-order valence-corrected chi connectivity index (χ1v) is 23.9. The zero-order chi connectivity index (χ0) is 34.0. The Morgan fingerprint density at radius 2 is 1.43 bits per heavy atom. The molecule has 0 N–H and O–H groups in total. The summed E-state index contributed by atoms with van der Waals surface area (Å²) in [5, 5.41) is 0. The van der Waals surface area contributed by atoms with Crippen LogP contribution in [0.4, 0.5) is 0 Å². The van der Waals surface area contributed by atoms with Crippen molar-refractivity contribution in [2.24, 2.45) is 165 Å². The standard InChI is InChI=1S/C52H54O2/c1-54-28(53)8-5-9-50(25-6-3-2-4-7-25)49-26-16-23-14-20-12-21-11-18-10-19-13-22-15-24-17-27-51(52(27,49)50)47(24)45-34(22)38-30(19)29(18)36-33(21)37-31(20)32(23)39-35(26)48(51)46-43(39)41(37)40(36)42(38)44(45)46/h2-4,6-7,15-16,18-21,23-24,27,29-44,46,48-49H,5,8-14,17H2,1H3. The van der Waals surface area contributed by atoms with Crippen LogP contribution < -0.4 is 0 Å². The predicted molar refractivity (Wildman–Crippen MR) is 200 cm³/mol. The van der Waals surface area contributed by atoms with Gasteiger partial charge in [-0.3, -0.25) is 4.79 Å². The van der Waals surface area contributed by atoms with E-state index in [4.69, 9.17) is 4.74 Å². The molecule has 0 radical (unpaired) electrons. The van der Waals surface area contributed by atoms with E-state index in [0.717, 1.165) is 160 Å². The monoisotopic (exact) mass is 710 g/mol. The fraction of sp³-hybridized carbons (Fsp3) is 0.750. The topological polar surface area (TPSA) is 26.3 Å². The van der Waals surface area contributed by atoms with E-state index in [1.165, 1.54) is 19.3 Å². The molecule has 1 aromatic carbocycles. The third kappa shape index (κ3) is 2.09. The maximum absolute atomic E-state index is 12.8. The summed E-state index contributed by atoms with van der Waals surface area (Å²) in [6.07, 6.45) is 18.6. The first-order valence-electron chi connectivity index (χ1n) is 23.9. The summed E-state index contributed by atoms with van der Waals surface area (Å²) in [6, 6.07) is 12.2. The maximum atomic E-state index is 12.8. The van der Waals surface area contributed by atoms with Gasteiger partial charge in [0.05, 0.1) is 7.11 Å². The van der Waals surface area contributed by atoms with Crippen LogP contribution in [-0.4, -0.2) is 13.1 Å².